The lowest BCUT2D eigenvalue weighted by Gasteiger charge is -2.08. The standard InChI is InChI=1S/C13H18N4OS/c1-10-6-2-3-7-11(10)18-8-4-5-9-19-13-15-12(14)16-17-13/h2-3,6-7H,4-5,8-9H2,1H3,(H3,14,15,16,17). The molecule has 2 rings (SSSR count). The van der Waals surface area contributed by atoms with E-state index >= 15 is 0 Å². The summed E-state index contributed by atoms with van der Waals surface area (Å²) in [5, 5.41) is 7.29. The van der Waals surface area contributed by atoms with E-state index in [1.54, 1.807) is 11.8 Å². The Labute approximate surface area is 117 Å². The Hall–Kier alpha value is -1.69. The second kappa shape index (κ2) is 7.04. The smallest absolute Gasteiger partial charge is 0.216 e. The van der Waals surface area contributed by atoms with Gasteiger partial charge in [-0.05, 0) is 31.4 Å². The molecule has 0 atom stereocenters. The van der Waals surface area contributed by atoms with E-state index in [-0.39, 0.29) is 0 Å². The average molecular weight is 278 g/mol. The number of para-hydroxylation sites is 1. The van der Waals surface area contributed by atoms with Crippen molar-refractivity contribution in [2.24, 2.45) is 0 Å². The third kappa shape index (κ3) is 4.48. The van der Waals surface area contributed by atoms with Crippen LogP contribution >= 0.6 is 11.8 Å². The Balaban J connectivity index is 1.59. The molecule has 0 spiro atoms. The van der Waals surface area contributed by atoms with Crippen LogP contribution in [0.15, 0.2) is 29.4 Å². The summed E-state index contributed by atoms with van der Waals surface area (Å²) in [5.74, 6) is 2.30. The number of anilines is 1. The van der Waals surface area contributed by atoms with E-state index in [4.69, 9.17) is 10.5 Å². The Bertz CT molecular complexity index is 515. The summed E-state index contributed by atoms with van der Waals surface area (Å²) in [6.45, 7) is 2.79. The Morgan fingerprint density at radius 1 is 1.32 bits per heavy atom. The number of rotatable bonds is 7. The summed E-state index contributed by atoms with van der Waals surface area (Å²) >= 11 is 1.60. The highest BCUT2D eigenvalue weighted by Gasteiger charge is 2.01. The number of nitrogens with two attached hydrogens (primary N) is 1. The number of benzene rings is 1. The topological polar surface area (TPSA) is 76.8 Å². The van der Waals surface area contributed by atoms with Crippen LogP contribution in [0.3, 0.4) is 0 Å². The van der Waals surface area contributed by atoms with Crippen molar-refractivity contribution < 1.29 is 4.74 Å². The van der Waals surface area contributed by atoms with Crippen LogP contribution in [0, 0.1) is 6.92 Å². The lowest BCUT2D eigenvalue weighted by atomic mass is 10.2. The normalized spacial score (nSPS) is 10.6. The van der Waals surface area contributed by atoms with Gasteiger partial charge in [0, 0.05) is 5.75 Å². The fraction of sp³-hybridized carbons (Fsp3) is 0.385. The van der Waals surface area contributed by atoms with Gasteiger partial charge in [0.1, 0.15) is 5.75 Å². The quantitative estimate of drug-likeness (QED) is 0.601. The average Bonchev–Trinajstić information content (AvgIpc) is 2.81. The van der Waals surface area contributed by atoms with Crippen molar-refractivity contribution >= 4 is 17.7 Å². The number of nitrogens with one attached hydrogen (secondary N) is 1. The molecule has 19 heavy (non-hydrogen) atoms. The Morgan fingerprint density at radius 3 is 2.89 bits per heavy atom. The second-order valence-corrected chi connectivity index (χ2v) is 5.23. The number of aromatic amines is 1. The van der Waals surface area contributed by atoms with Gasteiger partial charge in [0.15, 0.2) is 0 Å². The third-order valence-electron chi connectivity index (χ3n) is 2.60. The number of aryl methyl sites for hydroxylation is 1. The minimum Gasteiger partial charge on any atom is -0.493 e. The highest BCUT2D eigenvalue weighted by Crippen LogP contribution is 2.17. The number of thioether (sulfide) groups is 1. The molecule has 5 nitrogen and oxygen atoms in total. The fourth-order valence-electron chi connectivity index (χ4n) is 1.59. The Morgan fingerprint density at radius 2 is 2.16 bits per heavy atom. The first-order valence-corrected chi connectivity index (χ1v) is 7.23. The first-order chi connectivity index (χ1) is 9.25. The summed E-state index contributed by atoms with van der Waals surface area (Å²) in [7, 11) is 0. The molecule has 1 aromatic carbocycles. The summed E-state index contributed by atoms with van der Waals surface area (Å²) < 4.78 is 5.73. The van der Waals surface area contributed by atoms with Crippen LogP contribution in [0.2, 0.25) is 0 Å². The fourth-order valence-corrected chi connectivity index (χ4v) is 2.39. The van der Waals surface area contributed by atoms with E-state index in [1.165, 1.54) is 5.56 Å². The van der Waals surface area contributed by atoms with Crippen LogP contribution in [0.1, 0.15) is 18.4 Å². The van der Waals surface area contributed by atoms with Crippen LogP contribution in [-0.2, 0) is 0 Å². The molecular formula is C13H18N4OS. The predicted octanol–water partition coefficient (Wildman–Crippen LogP) is 2.65. The minimum absolute atomic E-state index is 0.366. The van der Waals surface area contributed by atoms with E-state index in [2.05, 4.69) is 28.2 Å². The monoisotopic (exact) mass is 278 g/mol. The number of hydrogen-bond acceptors (Lipinski definition) is 5. The number of ether oxygens (including phenoxy) is 1. The van der Waals surface area contributed by atoms with Crippen molar-refractivity contribution in [2.75, 3.05) is 18.1 Å². The molecule has 0 aliphatic carbocycles. The molecular weight excluding hydrogens is 260 g/mol. The summed E-state index contributed by atoms with van der Waals surface area (Å²) in [4.78, 5) is 4.03. The molecule has 1 heterocycles. The zero-order chi connectivity index (χ0) is 13.5. The highest BCUT2D eigenvalue weighted by molar-refractivity contribution is 7.99. The highest BCUT2D eigenvalue weighted by atomic mass is 32.2. The number of unbranched alkanes of at least 4 members (excludes halogenated alkanes) is 1. The molecule has 0 aliphatic rings. The number of nitrogen functional groups attached to an aromatic ring is 1. The maximum absolute atomic E-state index is 5.73. The van der Waals surface area contributed by atoms with E-state index < -0.39 is 0 Å². The predicted molar refractivity (Wildman–Crippen MR) is 77.4 cm³/mol. The lowest BCUT2D eigenvalue weighted by Crippen LogP contribution is -1.99. The second-order valence-electron chi connectivity index (χ2n) is 4.17. The first-order valence-electron chi connectivity index (χ1n) is 6.25. The molecule has 0 amide bonds. The van der Waals surface area contributed by atoms with E-state index in [0.717, 1.165) is 31.0 Å². The molecule has 0 radical (unpaired) electrons. The molecule has 0 bridgehead atoms. The van der Waals surface area contributed by atoms with Gasteiger partial charge in [0.05, 0.1) is 6.61 Å². The molecule has 6 heteroatoms. The molecule has 1 aromatic heterocycles. The van der Waals surface area contributed by atoms with Crippen LogP contribution < -0.4 is 10.5 Å². The van der Waals surface area contributed by atoms with Crippen LogP contribution in [0.25, 0.3) is 0 Å². The van der Waals surface area contributed by atoms with E-state index in [9.17, 15) is 0 Å². The first kappa shape index (κ1) is 13.7. The summed E-state index contributed by atoms with van der Waals surface area (Å²) in [5.41, 5.74) is 6.62. The van der Waals surface area contributed by atoms with Crippen molar-refractivity contribution in [3.05, 3.63) is 29.8 Å². The van der Waals surface area contributed by atoms with Gasteiger partial charge in [0.2, 0.25) is 11.1 Å². The third-order valence-corrected chi connectivity index (χ3v) is 3.54. The maximum Gasteiger partial charge on any atom is 0.216 e. The van der Waals surface area contributed by atoms with Gasteiger partial charge in [0.25, 0.3) is 0 Å². The van der Waals surface area contributed by atoms with Gasteiger partial charge in [-0.1, -0.05) is 30.0 Å². The summed E-state index contributed by atoms with van der Waals surface area (Å²) in [6.07, 6.45) is 2.08. The maximum atomic E-state index is 5.73. The molecule has 102 valence electrons. The molecule has 0 fully saturated rings. The van der Waals surface area contributed by atoms with Gasteiger partial charge in [-0.3, -0.25) is 0 Å². The van der Waals surface area contributed by atoms with Crippen LogP contribution in [0.5, 0.6) is 5.75 Å². The van der Waals surface area contributed by atoms with Crippen LogP contribution in [-0.4, -0.2) is 27.5 Å². The van der Waals surface area contributed by atoms with E-state index in [1.807, 2.05) is 18.2 Å². The summed E-state index contributed by atoms with van der Waals surface area (Å²) in [6, 6.07) is 8.06. The van der Waals surface area contributed by atoms with Gasteiger partial charge in [-0.2, -0.15) is 4.98 Å². The van der Waals surface area contributed by atoms with Crippen molar-refractivity contribution in [3.63, 3.8) is 0 Å². The number of hydrogen-bond donors (Lipinski definition) is 2. The van der Waals surface area contributed by atoms with Gasteiger partial charge in [-0.15, -0.1) is 5.10 Å². The molecule has 3 N–H and O–H groups in total. The van der Waals surface area contributed by atoms with Gasteiger partial charge < -0.3 is 10.5 Å². The van der Waals surface area contributed by atoms with Crippen molar-refractivity contribution in [1.29, 1.82) is 0 Å². The SMILES string of the molecule is Cc1ccccc1OCCCCSc1n[nH]c(N)n1. The number of nitrogens with zero attached hydrogens (tertiary/aromatic N) is 2. The van der Waals surface area contributed by atoms with Crippen molar-refractivity contribution in [3.8, 4) is 5.75 Å². The molecule has 2 aromatic rings. The molecule has 0 aliphatic heterocycles. The molecule has 0 saturated carbocycles. The molecule has 0 unspecified atom stereocenters. The zero-order valence-electron chi connectivity index (χ0n) is 10.9. The van der Waals surface area contributed by atoms with E-state index in [0.29, 0.717) is 11.1 Å². The van der Waals surface area contributed by atoms with Crippen molar-refractivity contribution in [1.82, 2.24) is 15.2 Å². The number of aromatic nitrogens is 3. The number of H-pyrrole nitrogens is 1. The largest absolute Gasteiger partial charge is 0.493 e. The molecule has 0 saturated heterocycles. The lowest BCUT2D eigenvalue weighted by molar-refractivity contribution is 0.308. The van der Waals surface area contributed by atoms with Gasteiger partial charge >= 0.3 is 0 Å². The minimum atomic E-state index is 0.366. The van der Waals surface area contributed by atoms with Crippen LogP contribution in [0.4, 0.5) is 5.95 Å². The Kier molecular flexibility index (Phi) is 5.09. The zero-order valence-corrected chi connectivity index (χ0v) is 11.7. The van der Waals surface area contributed by atoms with Crippen molar-refractivity contribution in [2.45, 2.75) is 24.9 Å². The van der Waals surface area contributed by atoms with Gasteiger partial charge in [-0.25, -0.2) is 5.10 Å².